The van der Waals surface area contributed by atoms with Crippen molar-refractivity contribution in [2.45, 2.75) is 40.6 Å². The molecule has 8 nitrogen and oxygen atoms in total. The summed E-state index contributed by atoms with van der Waals surface area (Å²) in [6.45, 7) is 9.84. The molecule has 28 heavy (non-hydrogen) atoms. The fourth-order valence-corrected chi connectivity index (χ4v) is 2.07. The van der Waals surface area contributed by atoms with E-state index in [1.807, 2.05) is 52.0 Å². The molecule has 0 N–H and O–H groups in total. The van der Waals surface area contributed by atoms with Gasteiger partial charge in [-0.15, -0.1) is 0 Å². The van der Waals surface area contributed by atoms with Crippen LogP contribution in [-0.4, -0.2) is 65.8 Å². The van der Waals surface area contributed by atoms with Gasteiger partial charge in [0.25, 0.3) is 13.0 Å². The SMILES string of the molecule is CCOC(OCC)OCCOc1ccc(OCCOC(OCC)OCC)cc1. The van der Waals surface area contributed by atoms with E-state index in [9.17, 15) is 0 Å². The topological polar surface area (TPSA) is 73.8 Å². The van der Waals surface area contributed by atoms with E-state index < -0.39 is 13.0 Å². The lowest BCUT2D eigenvalue weighted by Gasteiger charge is -2.17. The maximum atomic E-state index is 5.63. The summed E-state index contributed by atoms with van der Waals surface area (Å²) in [4.78, 5) is 0. The van der Waals surface area contributed by atoms with Gasteiger partial charge in [0.05, 0.1) is 13.2 Å². The number of ether oxygens (including phenoxy) is 8. The lowest BCUT2D eigenvalue weighted by atomic mass is 10.3. The molecule has 0 aliphatic heterocycles. The van der Waals surface area contributed by atoms with Crippen LogP contribution in [0.15, 0.2) is 24.3 Å². The van der Waals surface area contributed by atoms with Crippen molar-refractivity contribution in [3.05, 3.63) is 24.3 Å². The van der Waals surface area contributed by atoms with Gasteiger partial charge in [0, 0.05) is 26.4 Å². The Bertz CT molecular complexity index is 413. The summed E-state index contributed by atoms with van der Waals surface area (Å²) in [7, 11) is 0. The average Bonchev–Trinajstić information content (AvgIpc) is 2.70. The van der Waals surface area contributed by atoms with Crippen LogP contribution < -0.4 is 9.47 Å². The summed E-state index contributed by atoms with van der Waals surface area (Å²) >= 11 is 0. The second kappa shape index (κ2) is 16.5. The van der Waals surface area contributed by atoms with E-state index in [1.165, 1.54) is 0 Å². The van der Waals surface area contributed by atoms with Crippen molar-refractivity contribution in [2.24, 2.45) is 0 Å². The largest absolute Gasteiger partial charge is 0.491 e. The molecule has 0 aliphatic rings. The molecule has 0 amide bonds. The van der Waals surface area contributed by atoms with Crippen molar-refractivity contribution in [1.82, 2.24) is 0 Å². The molecule has 0 aliphatic carbocycles. The van der Waals surface area contributed by atoms with Gasteiger partial charge in [-0.1, -0.05) is 0 Å². The van der Waals surface area contributed by atoms with E-state index in [2.05, 4.69) is 0 Å². The summed E-state index contributed by atoms with van der Waals surface area (Å²) in [5.41, 5.74) is 0. The molecule has 0 saturated heterocycles. The van der Waals surface area contributed by atoms with Gasteiger partial charge in [-0.05, 0) is 52.0 Å². The van der Waals surface area contributed by atoms with Crippen LogP contribution in [-0.2, 0) is 28.4 Å². The molecule has 0 unspecified atom stereocenters. The smallest absolute Gasteiger partial charge is 0.271 e. The molecule has 162 valence electrons. The van der Waals surface area contributed by atoms with Crippen molar-refractivity contribution in [2.75, 3.05) is 52.9 Å². The van der Waals surface area contributed by atoms with E-state index in [1.54, 1.807) is 0 Å². The molecule has 1 aromatic carbocycles. The Hall–Kier alpha value is -1.42. The summed E-state index contributed by atoms with van der Waals surface area (Å²) in [6.07, 6.45) is 0. The van der Waals surface area contributed by atoms with Crippen molar-refractivity contribution < 1.29 is 37.9 Å². The Balaban J connectivity index is 2.21. The highest BCUT2D eigenvalue weighted by molar-refractivity contribution is 5.31. The zero-order valence-corrected chi connectivity index (χ0v) is 17.4. The maximum Gasteiger partial charge on any atom is 0.271 e. The van der Waals surface area contributed by atoms with Gasteiger partial charge in [-0.3, -0.25) is 0 Å². The zero-order valence-electron chi connectivity index (χ0n) is 17.4. The Morgan fingerprint density at radius 1 is 0.500 bits per heavy atom. The molecular weight excluding hydrogens is 368 g/mol. The van der Waals surface area contributed by atoms with Gasteiger partial charge in [-0.2, -0.15) is 0 Å². The molecule has 0 radical (unpaired) electrons. The van der Waals surface area contributed by atoms with E-state index in [0.717, 1.165) is 11.5 Å². The van der Waals surface area contributed by atoms with Crippen LogP contribution >= 0.6 is 0 Å². The monoisotopic (exact) mass is 402 g/mol. The van der Waals surface area contributed by atoms with Crippen LogP contribution in [0.3, 0.4) is 0 Å². The van der Waals surface area contributed by atoms with Gasteiger partial charge < -0.3 is 37.9 Å². The van der Waals surface area contributed by atoms with Crippen LogP contribution in [0.25, 0.3) is 0 Å². The highest BCUT2D eigenvalue weighted by Crippen LogP contribution is 2.17. The molecule has 0 atom stereocenters. The maximum absolute atomic E-state index is 5.63. The summed E-state index contributed by atoms with van der Waals surface area (Å²) in [6, 6.07) is 7.34. The Morgan fingerprint density at radius 2 is 0.821 bits per heavy atom. The molecule has 0 saturated carbocycles. The summed E-state index contributed by atoms with van der Waals surface area (Å²) in [5.74, 6) is 1.45. The first-order valence-corrected chi connectivity index (χ1v) is 9.78. The molecule has 0 bridgehead atoms. The van der Waals surface area contributed by atoms with E-state index in [0.29, 0.717) is 52.9 Å². The Kier molecular flexibility index (Phi) is 14.5. The van der Waals surface area contributed by atoms with Crippen molar-refractivity contribution in [3.63, 3.8) is 0 Å². The van der Waals surface area contributed by atoms with Gasteiger partial charge >= 0.3 is 0 Å². The first-order valence-electron chi connectivity index (χ1n) is 9.78. The highest BCUT2D eigenvalue weighted by atomic mass is 16.8. The van der Waals surface area contributed by atoms with E-state index in [4.69, 9.17) is 37.9 Å². The third-order valence-electron chi connectivity index (χ3n) is 3.25. The molecule has 0 heterocycles. The van der Waals surface area contributed by atoms with Crippen LogP contribution in [0.4, 0.5) is 0 Å². The predicted octanol–water partition coefficient (Wildman–Crippen LogP) is 3.19. The van der Waals surface area contributed by atoms with Crippen LogP contribution in [0.2, 0.25) is 0 Å². The van der Waals surface area contributed by atoms with Crippen LogP contribution in [0.1, 0.15) is 27.7 Å². The predicted molar refractivity (Wildman–Crippen MR) is 103 cm³/mol. The standard InChI is InChI=1S/C20H34O8/c1-5-21-19(22-6-2)27-15-13-25-17-9-11-18(12-10-17)26-14-16-28-20(23-7-3)24-8-4/h9-12,19-20H,5-8,13-16H2,1-4H3. The molecule has 0 spiro atoms. The fraction of sp³-hybridized carbons (Fsp3) is 0.700. The van der Waals surface area contributed by atoms with Crippen molar-refractivity contribution in [3.8, 4) is 11.5 Å². The molecular formula is C20H34O8. The van der Waals surface area contributed by atoms with Gasteiger partial charge in [0.1, 0.15) is 24.7 Å². The minimum Gasteiger partial charge on any atom is -0.491 e. The lowest BCUT2D eigenvalue weighted by Crippen LogP contribution is -2.23. The lowest BCUT2D eigenvalue weighted by molar-refractivity contribution is -0.286. The van der Waals surface area contributed by atoms with Gasteiger partial charge in [0.15, 0.2) is 0 Å². The fourth-order valence-electron chi connectivity index (χ4n) is 2.07. The van der Waals surface area contributed by atoms with Crippen molar-refractivity contribution in [1.29, 1.82) is 0 Å². The van der Waals surface area contributed by atoms with E-state index >= 15 is 0 Å². The molecule has 8 heteroatoms. The minimum atomic E-state index is -0.651. The van der Waals surface area contributed by atoms with Gasteiger partial charge in [-0.25, -0.2) is 0 Å². The van der Waals surface area contributed by atoms with Crippen LogP contribution in [0, 0.1) is 0 Å². The number of hydrogen-bond donors (Lipinski definition) is 0. The minimum absolute atomic E-state index is 0.362. The summed E-state index contributed by atoms with van der Waals surface area (Å²) in [5, 5.41) is 0. The molecule has 1 rings (SSSR count). The third-order valence-corrected chi connectivity index (χ3v) is 3.25. The highest BCUT2D eigenvalue weighted by Gasteiger charge is 2.08. The molecule has 1 aromatic rings. The van der Waals surface area contributed by atoms with E-state index in [-0.39, 0.29) is 0 Å². The zero-order chi connectivity index (χ0) is 20.5. The number of rotatable bonds is 18. The second-order valence-electron chi connectivity index (χ2n) is 5.31. The average molecular weight is 402 g/mol. The Labute approximate surface area is 167 Å². The van der Waals surface area contributed by atoms with Gasteiger partial charge in [0.2, 0.25) is 0 Å². The summed E-state index contributed by atoms with van der Waals surface area (Å²) < 4.78 is 43.4. The molecule has 0 aromatic heterocycles. The molecule has 0 fully saturated rings. The number of benzene rings is 1. The Morgan fingerprint density at radius 3 is 1.11 bits per heavy atom. The number of hydrogen-bond acceptors (Lipinski definition) is 8. The first-order chi connectivity index (χ1) is 13.7. The normalized spacial score (nSPS) is 11.4. The van der Waals surface area contributed by atoms with Crippen LogP contribution in [0.5, 0.6) is 11.5 Å². The van der Waals surface area contributed by atoms with Crippen molar-refractivity contribution >= 4 is 0 Å². The third kappa shape index (κ3) is 11.4. The quantitative estimate of drug-likeness (QED) is 0.274. The first kappa shape index (κ1) is 24.6. The second-order valence-corrected chi connectivity index (χ2v) is 5.31.